The van der Waals surface area contributed by atoms with E-state index in [2.05, 4.69) is 5.32 Å². The van der Waals surface area contributed by atoms with Crippen molar-refractivity contribution >= 4 is 18.3 Å². The molecule has 1 N–H and O–H groups in total. The van der Waals surface area contributed by atoms with Crippen molar-refractivity contribution in [2.75, 3.05) is 39.3 Å². The maximum Gasteiger partial charge on any atom is 0.410 e. The summed E-state index contributed by atoms with van der Waals surface area (Å²) in [5, 5.41) is 3.27. The lowest BCUT2D eigenvalue weighted by Gasteiger charge is -2.46. The van der Waals surface area contributed by atoms with Gasteiger partial charge in [0.1, 0.15) is 17.8 Å². The third-order valence-corrected chi connectivity index (χ3v) is 6.39. The maximum absolute atomic E-state index is 12.4. The van der Waals surface area contributed by atoms with Gasteiger partial charge in [0.2, 0.25) is 0 Å². The second-order valence-corrected chi connectivity index (χ2v) is 13.5. The summed E-state index contributed by atoms with van der Waals surface area (Å²) in [6.07, 6.45) is -0.926. The quantitative estimate of drug-likeness (QED) is 0.491. The fourth-order valence-corrected chi connectivity index (χ4v) is 4.42. The maximum atomic E-state index is 12.4. The van der Waals surface area contributed by atoms with E-state index < -0.39 is 16.7 Å². The van der Waals surface area contributed by atoms with E-state index in [4.69, 9.17) is 14.2 Å². The first-order chi connectivity index (χ1) is 18.3. The first kappa shape index (κ1) is 33.2. The van der Waals surface area contributed by atoms with Crippen LogP contribution in [0, 0.1) is 0 Å². The predicted octanol–water partition coefficient (Wildman–Crippen LogP) is 5.26. The van der Waals surface area contributed by atoms with Crippen molar-refractivity contribution in [3.8, 4) is 0 Å². The van der Waals surface area contributed by atoms with Crippen LogP contribution in [0.3, 0.4) is 0 Å². The van der Waals surface area contributed by atoms with Gasteiger partial charge in [-0.1, -0.05) is 30.3 Å². The number of nitrogens with zero attached hydrogens (tertiary/aromatic N) is 3. The van der Waals surface area contributed by atoms with Crippen LogP contribution in [0.25, 0.3) is 0 Å². The zero-order chi connectivity index (χ0) is 30.4. The highest BCUT2D eigenvalue weighted by atomic mass is 16.6. The summed E-state index contributed by atoms with van der Waals surface area (Å²) in [4.78, 5) is 41.7. The molecular formula is C30H50N4O6. The third kappa shape index (κ3) is 10.5. The molecule has 0 bridgehead atoms. The van der Waals surface area contributed by atoms with Crippen LogP contribution in [0.1, 0.15) is 74.8 Å². The highest BCUT2D eigenvalue weighted by Gasteiger charge is 2.41. The summed E-state index contributed by atoms with van der Waals surface area (Å²) in [6.45, 7) is 23.0. The average molecular weight is 563 g/mol. The van der Waals surface area contributed by atoms with E-state index in [9.17, 15) is 14.4 Å². The molecule has 2 fully saturated rings. The van der Waals surface area contributed by atoms with Crippen molar-refractivity contribution < 1.29 is 28.6 Å². The van der Waals surface area contributed by atoms with E-state index in [0.29, 0.717) is 26.2 Å². The molecular weight excluding hydrogens is 512 g/mol. The van der Waals surface area contributed by atoms with Gasteiger partial charge in [0, 0.05) is 39.3 Å². The van der Waals surface area contributed by atoms with Gasteiger partial charge in [-0.2, -0.15) is 0 Å². The van der Waals surface area contributed by atoms with Gasteiger partial charge in [-0.05, 0) is 74.8 Å². The number of rotatable bonds is 2. The van der Waals surface area contributed by atoms with Crippen molar-refractivity contribution in [3.05, 3.63) is 35.9 Å². The van der Waals surface area contributed by atoms with E-state index >= 15 is 0 Å². The monoisotopic (exact) mass is 562 g/mol. The minimum absolute atomic E-state index is 0.166. The Morgan fingerprint density at radius 1 is 0.775 bits per heavy atom. The van der Waals surface area contributed by atoms with Crippen LogP contribution in [0.15, 0.2) is 30.3 Å². The van der Waals surface area contributed by atoms with Gasteiger partial charge in [-0.25, -0.2) is 14.4 Å². The lowest BCUT2D eigenvalue weighted by Crippen LogP contribution is -2.62. The molecule has 40 heavy (non-hydrogen) atoms. The summed E-state index contributed by atoms with van der Waals surface area (Å²) in [7, 11) is 0. The molecule has 0 spiro atoms. The number of hydrogen-bond acceptors (Lipinski definition) is 7. The molecule has 1 aromatic rings. The van der Waals surface area contributed by atoms with E-state index in [0.717, 1.165) is 18.7 Å². The Morgan fingerprint density at radius 2 is 1.30 bits per heavy atom. The molecule has 2 saturated heterocycles. The number of piperazine rings is 2. The molecule has 0 aliphatic carbocycles. The number of amides is 3. The molecule has 10 heteroatoms. The van der Waals surface area contributed by atoms with Crippen molar-refractivity contribution in [1.82, 2.24) is 20.0 Å². The van der Waals surface area contributed by atoms with Crippen LogP contribution in [0.4, 0.5) is 14.4 Å². The highest BCUT2D eigenvalue weighted by molar-refractivity contribution is 5.71. The lowest BCUT2D eigenvalue weighted by molar-refractivity contribution is -0.0236. The average Bonchev–Trinajstić information content (AvgIpc) is 2.80. The largest absolute Gasteiger partial charge is 0.445 e. The summed E-state index contributed by atoms with van der Waals surface area (Å²) < 4.78 is 16.2. The van der Waals surface area contributed by atoms with Crippen LogP contribution in [0.5, 0.6) is 0 Å². The number of hydrogen-bond donors (Lipinski definition) is 1. The Balaban J connectivity index is 0.000000319. The Bertz CT molecular complexity index is 998. The van der Waals surface area contributed by atoms with E-state index in [1.54, 1.807) is 14.7 Å². The SMILES string of the molecule is CC(C)(C)OC(=O)N1CCN(C(=O)OCc2ccccc2)CC1(C)C.CC(C)(C)OC(=O)N1CCNCC1(C)C. The van der Waals surface area contributed by atoms with Crippen LogP contribution in [0.2, 0.25) is 0 Å². The first-order valence-corrected chi connectivity index (χ1v) is 14.0. The molecule has 3 amide bonds. The van der Waals surface area contributed by atoms with Crippen LogP contribution < -0.4 is 5.32 Å². The molecule has 0 saturated carbocycles. The zero-order valence-corrected chi connectivity index (χ0v) is 26.1. The van der Waals surface area contributed by atoms with E-state index in [1.807, 2.05) is 99.6 Å². The third-order valence-electron chi connectivity index (χ3n) is 6.39. The van der Waals surface area contributed by atoms with Gasteiger partial charge in [0.05, 0.1) is 11.1 Å². The first-order valence-electron chi connectivity index (χ1n) is 14.0. The summed E-state index contributed by atoms with van der Waals surface area (Å²) in [5.41, 5.74) is -0.702. The lowest BCUT2D eigenvalue weighted by atomic mass is 10.00. The van der Waals surface area contributed by atoms with Crippen molar-refractivity contribution in [2.45, 2.75) is 98.1 Å². The normalized spacial score (nSPS) is 18.7. The minimum atomic E-state index is -0.543. The molecule has 3 rings (SSSR count). The van der Waals surface area contributed by atoms with Gasteiger partial charge < -0.3 is 29.3 Å². The van der Waals surface area contributed by atoms with Crippen LogP contribution in [-0.2, 0) is 20.8 Å². The molecule has 0 atom stereocenters. The van der Waals surface area contributed by atoms with Crippen molar-refractivity contribution in [3.63, 3.8) is 0 Å². The van der Waals surface area contributed by atoms with Crippen molar-refractivity contribution in [1.29, 1.82) is 0 Å². The van der Waals surface area contributed by atoms with Gasteiger partial charge in [-0.15, -0.1) is 0 Å². The second-order valence-electron chi connectivity index (χ2n) is 13.5. The summed E-state index contributed by atoms with van der Waals surface area (Å²) in [5.74, 6) is 0. The predicted molar refractivity (Wildman–Crippen MR) is 155 cm³/mol. The Labute approximate surface area is 240 Å². The summed E-state index contributed by atoms with van der Waals surface area (Å²) >= 11 is 0. The molecule has 2 aliphatic heterocycles. The Kier molecular flexibility index (Phi) is 10.9. The Hall–Kier alpha value is -3.01. The molecule has 2 heterocycles. The molecule has 226 valence electrons. The molecule has 1 aromatic carbocycles. The molecule has 2 aliphatic rings. The van der Waals surface area contributed by atoms with Crippen LogP contribution >= 0.6 is 0 Å². The highest BCUT2D eigenvalue weighted by Crippen LogP contribution is 2.24. The Morgan fingerprint density at radius 3 is 1.77 bits per heavy atom. The standard InChI is InChI=1S/C19H28N2O4.C11H22N2O2/c1-18(2,3)25-17(23)21-12-11-20(14-19(21,4)5)16(22)24-13-15-9-7-6-8-10-15;1-10(2,3)15-9(14)13-7-6-12-8-11(13,4)5/h6-10H,11-14H2,1-5H3;12H,6-8H2,1-5H3. The number of ether oxygens (including phenoxy) is 3. The fraction of sp³-hybridized carbons (Fsp3) is 0.700. The van der Waals surface area contributed by atoms with Gasteiger partial charge in [0.25, 0.3) is 0 Å². The van der Waals surface area contributed by atoms with Gasteiger partial charge in [-0.3, -0.25) is 4.90 Å². The van der Waals surface area contributed by atoms with Crippen LogP contribution in [-0.4, -0.2) is 94.5 Å². The minimum Gasteiger partial charge on any atom is -0.445 e. The molecule has 0 unspecified atom stereocenters. The summed E-state index contributed by atoms with van der Waals surface area (Å²) in [6, 6.07) is 9.57. The number of carbonyl (C=O) groups excluding carboxylic acids is 3. The van der Waals surface area contributed by atoms with Gasteiger partial charge >= 0.3 is 18.3 Å². The molecule has 0 radical (unpaired) electrons. The fourth-order valence-electron chi connectivity index (χ4n) is 4.42. The molecule has 0 aromatic heterocycles. The number of carbonyl (C=O) groups is 3. The zero-order valence-electron chi connectivity index (χ0n) is 26.1. The van der Waals surface area contributed by atoms with E-state index in [1.165, 1.54) is 0 Å². The topological polar surface area (TPSA) is 101 Å². The van der Waals surface area contributed by atoms with E-state index in [-0.39, 0.29) is 30.4 Å². The van der Waals surface area contributed by atoms with Crippen molar-refractivity contribution in [2.24, 2.45) is 0 Å². The number of nitrogens with one attached hydrogen (secondary N) is 1. The smallest absolute Gasteiger partial charge is 0.410 e. The number of benzene rings is 1. The van der Waals surface area contributed by atoms with Gasteiger partial charge in [0.15, 0.2) is 0 Å². The molecule has 10 nitrogen and oxygen atoms in total. The second kappa shape index (κ2) is 13.1.